The van der Waals surface area contributed by atoms with Gasteiger partial charge in [0.15, 0.2) is 0 Å². The van der Waals surface area contributed by atoms with Crippen molar-refractivity contribution >= 4 is 22.9 Å². The molecule has 0 bridgehead atoms. The van der Waals surface area contributed by atoms with Crippen LogP contribution in [0.25, 0.3) is 11.0 Å². The summed E-state index contributed by atoms with van der Waals surface area (Å²) in [6.07, 6.45) is 0.322. The molecule has 1 aromatic carbocycles. The van der Waals surface area contributed by atoms with Crippen LogP contribution >= 0.6 is 0 Å². The highest BCUT2D eigenvalue weighted by molar-refractivity contribution is 5.82. The Morgan fingerprint density at radius 3 is 3.00 bits per heavy atom. The Morgan fingerprint density at radius 2 is 2.26 bits per heavy atom. The highest BCUT2D eigenvalue weighted by atomic mass is 16.2. The first-order chi connectivity index (χ1) is 9.13. The number of carbonyl (C=O) groups excluding carboxylic acids is 1. The minimum atomic E-state index is -0.0925. The average molecular weight is 257 g/mol. The SMILES string of the molecule is CN(CCC#N)C(=O)Cn1c(N)nc2ccccc21. The monoisotopic (exact) mass is 257 g/mol. The van der Waals surface area contributed by atoms with Crippen LogP contribution in [0.3, 0.4) is 0 Å². The van der Waals surface area contributed by atoms with Gasteiger partial charge in [0.2, 0.25) is 11.9 Å². The Hall–Kier alpha value is -2.55. The number of nitrogen functional groups attached to an aromatic ring is 1. The lowest BCUT2D eigenvalue weighted by Crippen LogP contribution is -2.31. The van der Waals surface area contributed by atoms with Gasteiger partial charge in [-0.3, -0.25) is 4.79 Å². The van der Waals surface area contributed by atoms with Gasteiger partial charge in [0.1, 0.15) is 6.54 Å². The summed E-state index contributed by atoms with van der Waals surface area (Å²) in [6.45, 7) is 0.552. The molecule has 1 heterocycles. The van der Waals surface area contributed by atoms with Crippen molar-refractivity contribution in [1.82, 2.24) is 14.5 Å². The van der Waals surface area contributed by atoms with Crippen LogP contribution in [0.2, 0.25) is 0 Å². The number of rotatable bonds is 4. The highest BCUT2D eigenvalue weighted by Crippen LogP contribution is 2.17. The van der Waals surface area contributed by atoms with E-state index in [0.717, 1.165) is 11.0 Å². The quantitative estimate of drug-likeness (QED) is 0.884. The number of hydrogen-bond acceptors (Lipinski definition) is 4. The molecule has 1 amide bonds. The summed E-state index contributed by atoms with van der Waals surface area (Å²) >= 11 is 0. The fraction of sp³-hybridized carbons (Fsp3) is 0.308. The van der Waals surface area contributed by atoms with Gasteiger partial charge in [0, 0.05) is 13.6 Å². The number of nitriles is 1. The van der Waals surface area contributed by atoms with E-state index in [0.29, 0.717) is 18.9 Å². The minimum absolute atomic E-state index is 0.0925. The van der Waals surface area contributed by atoms with E-state index in [4.69, 9.17) is 11.0 Å². The van der Waals surface area contributed by atoms with Crippen molar-refractivity contribution in [3.8, 4) is 6.07 Å². The first-order valence-electron chi connectivity index (χ1n) is 5.95. The first-order valence-corrected chi connectivity index (χ1v) is 5.95. The molecule has 0 fully saturated rings. The van der Waals surface area contributed by atoms with Crippen LogP contribution < -0.4 is 5.73 Å². The van der Waals surface area contributed by atoms with Gasteiger partial charge in [-0.15, -0.1) is 0 Å². The number of hydrogen-bond donors (Lipinski definition) is 1. The van der Waals surface area contributed by atoms with Crippen molar-refractivity contribution in [2.45, 2.75) is 13.0 Å². The number of aromatic nitrogens is 2. The number of imidazole rings is 1. The average Bonchev–Trinajstić information content (AvgIpc) is 2.72. The summed E-state index contributed by atoms with van der Waals surface area (Å²) in [4.78, 5) is 17.8. The molecule has 98 valence electrons. The number of carbonyl (C=O) groups is 1. The molecular weight excluding hydrogens is 242 g/mol. The molecule has 0 aliphatic rings. The van der Waals surface area contributed by atoms with E-state index in [9.17, 15) is 4.79 Å². The molecular formula is C13H15N5O. The third-order valence-corrected chi connectivity index (χ3v) is 2.96. The summed E-state index contributed by atoms with van der Waals surface area (Å²) in [5.41, 5.74) is 7.44. The van der Waals surface area contributed by atoms with Gasteiger partial charge < -0.3 is 15.2 Å². The maximum absolute atomic E-state index is 12.0. The van der Waals surface area contributed by atoms with Crippen LogP contribution in [-0.2, 0) is 11.3 Å². The van der Waals surface area contributed by atoms with Crippen LogP contribution in [0.5, 0.6) is 0 Å². The summed E-state index contributed by atoms with van der Waals surface area (Å²) in [5.74, 6) is 0.230. The zero-order valence-electron chi connectivity index (χ0n) is 10.7. The fourth-order valence-electron chi connectivity index (χ4n) is 1.86. The Bertz CT molecular complexity index is 640. The smallest absolute Gasteiger partial charge is 0.242 e. The first kappa shape index (κ1) is 12.9. The van der Waals surface area contributed by atoms with Crippen molar-refractivity contribution in [1.29, 1.82) is 5.26 Å². The van der Waals surface area contributed by atoms with E-state index < -0.39 is 0 Å². The molecule has 0 aliphatic heterocycles. The van der Waals surface area contributed by atoms with Crippen LogP contribution in [0.1, 0.15) is 6.42 Å². The molecule has 0 saturated carbocycles. The predicted molar refractivity (Wildman–Crippen MR) is 72.0 cm³/mol. The lowest BCUT2D eigenvalue weighted by molar-refractivity contribution is -0.130. The molecule has 0 atom stereocenters. The van der Waals surface area contributed by atoms with Crippen molar-refractivity contribution in [2.24, 2.45) is 0 Å². The van der Waals surface area contributed by atoms with Gasteiger partial charge in [-0.2, -0.15) is 5.26 Å². The third-order valence-electron chi connectivity index (χ3n) is 2.96. The lowest BCUT2D eigenvalue weighted by atomic mass is 10.3. The van der Waals surface area contributed by atoms with E-state index in [1.807, 2.05) is 30.3 Å². The molecule has 6 heteroatoms. The van der Waals surface area contributed by atoms with Crippen molar-refractivity contribution in [3.05, 3.63) is 24.3 Å². The molecule has 2 aromatic rings. The van der Waals surface area contributed by atoms with Crippen LogP contribution in [0, 0.1) is 11.3 Å². The van der Waals surface area contributed by atoms with Gasteiger partial charge in [0.25, 0.3) is 0 Å². The number of amides is 1. The van der Waals surface area contributed by atoms with Gasteiger partial charge in [-0.05, 0) is 12.1 Å². The van der Waals surface area contributed by atoms with Crippen molar-refractivity contribution in [2.75, 3.05) is 19.3 Å². The van der Waals surface area contributed by atoms with Crippen molar-refractivity contribution in [3.63, 3.8) is 0 Å². The molecule has 2 rings (SSSR count). The van der Waals surface area contributed by atoms with Gasteiger partial charge in [-0.1, -0.05) is 12.1 Å². The number of benzene rings is 1. The van der Waals surface area contributed by atoms with E-state index in [2.05, 4.69) is 4.98 Å². The summed E-state index contributed by atoms with van der Waals surface area (Å²) in [6, 6.07) is 9.50. The van der Waals surface area contributed by atoms with Gasteiger partial charge >= 0.3 is 0 Å². The number of fused-ring (bicyclic) bond motifs is 1. The Morgan fingerprint density at radius 1 is 1.53 bits per heavy atom. The Kier molecular flexibility index (Phi) is 3.66. The third kappa shape index (κ3) is 2.65. The van der Waals surface area contributed by atoms with Crippen LogP contribution in [-0.4, -0.2) is 34.0 Å². The van der Waals surface area contributed by atoms with Crippen molar-refractivity contribution < 1.29 is 4.79 Å². The highest BCUT2D eigenvalue weighted by Gasteiger charge is 2.14. The molecule has 0 spiro atoms. The van der Waals surface area contributed by atoms with E-state index in [1.54, 1.807) is 11.6 Å². The number of anilines is 1. The zero-order valence-corrected chi connectivity index (χ0v) is 10.7. The maximum Gasteiger partial charge on any atom is 0.242 e. The number of nitrogens with zero attached hydrogens (tertiary/aromatic N) is 4. The molecule has 19 heavy (non-hydrogen) atoms. The summed E-state index contributed by atoms with van der Waals surface area (Å²) in [7, 11) is 1.68. The molecule has 2 N–H and O–H groups in total. The normalized spacial score (nSPS) is 10.3. The predicted octanol–water partition coefficient (Wildman–Crippen LogP) is 0.991. The molecule has 6 nitrogen and oxygen atoms in total. The topological polar surface area (TPSA) is 87.9 Å². The second kappa shape index (κ2) is 5.40. The van der Waals surface area contributed by atoms with E-state index >= 15 is 0 Å². The van der Waals surface area contributed by atoms with E-state index in [-0.39, 0.29) is 12.5 Å². The van der Waals surface area contributed by atoms with Crippen LogP contribution in [0.15, 0.2) is 24.3 Å². The molecule has 0 unspecified atom stereocenters. The zero-order chi connectivity index (χ0) is 13.8. The fourth-order valence-corrected chi connectivity index (χ4v) is 1.86. The number of nitrogens with two attached hydrogens (primary N) is 1. The number of para-hydroxylation sites is 2. The standard InChI is InChI=1S/C13H15N5O/c1-17(8-4-7-14)12(19)9-18-11-6-3-2-5-10(11)16-13(18)15/h2-3,5-6H,4,8-9H2,1H3,(H2,15,16). The molecule has 0 aliphatic carbocycles. The maximum atomic E-state index is 12.0. The molecule has 0 radical (unpaired) electrons. The van der Waals surface area contributed by atoms with Crippen LogP contribution in [0.4, 0.5) is 5.95 Å². The van der Waals surface area contributed by atoms with E-state index in [1.165, 1.54) is 4.90 Å². The number of likely N-dealkylation sites (N-methyl/N-ethyl adjacent to an activating group) is 1. The second-order valence-corrected chi connectivity index (χ2v) is 4.27. The summed E-state index contributed by atoms with van der Waals surface area (Å²) in [5, 5.41) is 8.52. The lowest BCUT2D eigenvalue weighted by Gasteiger charge is -2.16. The Balaban J connectivity index is 2.19. The Labute approximate surface area is 111 Å². The summed E-state index contributed by atoms with van der Waals surface area (Å²) < 4.78 is 1.68. The van der Waals surface area contributed by atoms with Gasteiger partial charge in [0.05, 0.1) is 23.5 Å². The second-order valence-electron chi connectivity index (χ2n) is 4.27. The molecule has 0 saturated heterocycles. The largest absolute Gasteiger partial charge is 0.369 e. The minimum Gasteiger partial charge on any atom is -0.369 e. The molecule has 1 aromatic heterocycles. The van der Waals surface area contributed by atoms with Gasteiger partial charge in [-0.25, -0.2) is 4.98 Å².